The first-order chi connectivity index (χ1) is 16.3. The maximum Gasteiger partial charge on any atom is 0.283 e. The van der Waals surface area contributed by atoms with Crippen molar-refractivity contribution in [3.8, 4) is 11.5 Å². The number of hydrogen-bond acceptors (Lipinski definition) is 6. The number of thioether (sulfide) groups is 1. The lowest BCUT2D eigenvalue weighted by Crippen LogP contribution is -2.32. The third-order valence-corrected chi connectivity index (χ3v) is 6.53. The highest BCUT2D eigenvalue weighted by Gasteiger charge is 2.40. The fourth-order valence-electron chi connectivity index (χ4n) is 3.24. The summed E-state index contributed by atoms with van der Waals surface area (Å²) in [4.78, 5) is 28.7. The van der Waals surface area contributed by atoms with Gasteiger partial charge in [-0.1, -0.05) is 35.0 Å². The van der Waals surface area contributed by atoms with Gasteiger partial charge in [-0.3, -0.25) is 9.59 Å². The Morgan fingerprint density at radius 2 is 1.65 bits per heavy atom. The molecular weight excluding hydrogens is 502 g/mol. The first kappa shape index (κ1) is 23.9. The molecule has 3 aromatic carbocycles. The topological polar surface area (TPSA) is 67.9 Å². The smallest absolute Gasteiger partial charge is 0.283 e. The van der Waals surface area contributed by atoms with Crippen LogP contribution in [0.3, 0.4) is 0 Å². The molecule has 1 aliphatic heterocycles. The van der Waals surface area contributed by atoms with E-state index in [2.05, 4.69) is 5.32 Å². The second kappa shape index (κ2) is 9.97. The van der Waals surface area contributed by atoms with E-state index in [-0.39, 0.29) is 21.3 Å². The van der Waals surface area contributed by atoms with Crippen molar-refractivity contribution in [1.82, 2.24) is 0 Å². The Balaban J connectivity index is 1.79. The standard InChI is InChI=1S/C24H17Cl2FN2O4S/c1-32-15-6-10-20(33-2)19(12-15)28-21-22(34-16-7-3-13(25)4-8-16)24(31)29(23(21)30)14-5-9-18(27)17(26)11-14/h3-12,28H,1-2H3. The third-order valence-electron chi connectivity index (χ3n) is 4.90. The van der Waals surface area contributed by atoms with Gasteiger partial charge in [-0.15, -0.1) is 0 Å². The maximum absolute atomic E-state index is 13.7. The molecule has 0 spiro atoms. The predicted molar refractivity (Wildman–Crippen MR) is 131 cm³/mol. The third kappa shape index (κ3) is 4.70. The largest absolute Gasteiger partial charge is 0.497 e. The lowest BCUT2D eigenvalue weighted by Gasteiger charge is -2.16. The molecule has 4 rings (SSSR count). The predicted octanol–water partition coefficient (Wildman–Crippen LogP) is 6.14. The molecule has 0 saturated carbocycles. The van der Waals surface area contributed by atoms with Crippen molar-refractivity contribution in [3.05, 3.63) is 87.1 Å². The van der Waals surface area contributed by atoms with Gasteiger partial charge in [0.1, 0.15) is 27.9 Å². The summed E-state index contributed by atoms with van der Waals surface area (Å²) in [6.45, 7) is 0. The molecule has 34 heavy (non-hydrogen) atoms. The lowest BCUT2D eigenvalue weighted by atomic mass is 10.2. The number of imide groups is 1. The van der Waals surface area contributed by atoms with Crippen LogP contribution in [0.4, 0.5) is 15.8 Å². The van der Waals surface area contributed by atoms with Gasteiger partial charge in [0.15, 0.2) is 0 Å². The molecule has 1 aliphatic rings. The highest BCUT2D eigenvalue weighted by Crippen LogP contribution is 2.40. The summed E-state index contributed by atoms with van der Waals surface area (Å²) in [7, 11) is 3.00. The zero-order chi connectivity index (χ0) is 24.4. The molecule has 6 nitrogen and oxygen atoms in total. The number of amides is 2. The molecule has 0 fully saturated rings. The number of nitrogens with zero attached hydrogens (tertiary/aromatic N) is 1. The normalized spacial score (nSPS) is 13.5. The average Bonchev–Trinajstić information content (AvgIpc) is 3.06. The van der Waals surface area contributed by atoms with Crippen LogP contribution in [0.5, 0.6) is 11.5 Å². The van der Waals surface area contributed by atoms with Gasteiger partial charge >= 0.3 is 0 Å². The average molecular weight is 519 g/mol. The zero-order valence-corrected chi connectivity index (χ0v) is 20.2. The van der Waals surface area contributed by atoms with Crippen molar-refractivity contribution in [1.29, 1.82) is 0 Å². The van der Waals surface area contributed by atoms with Crippen molar-refractivity contribution in [2.45, 2.75) is 4.90 Å². The van der Waals surface area contributed by atoms with Crippen LogP contribution < -0.4 is 19.7 Å². The van der Waals surface area contributed by atoms with Crippen LogP contribution in [0.15, 0.2) is 76.2 Å². The van der Waals surface area contributed by atoms with Gasteiger partial charge in [-0.2, -0.15) is 0 Å². The minimum atomic E-state index is -0.660. The number of hydrogen-bond donors (Lipinski definition) is 1. The Morgan fingerprint density at radius 3 is 2.29 bits per heavy atom. The number of carbonyl (C=O) groups is 2. The SMILES string of the molecule is COc1ccc(OC)c(NC2=C(Sc3ccc(Cl)cc3)C(=O)N(c3ccc(F)c(Cl)c3)C2=O)c1. The maximum atomic E-state index is 13.7. The number of ether oxygens (including phenoxy) is 2. The van der Waals surface area contributed by atoms with Gasteiger partial charge in [0.2, 0.25) is 0 Å². The van der Waals surface area contributed by atoms with Crippen LogP contribution >= 0.6 is 35.0 Å². The lowest BCUT2D eigenvalue weighted by molar-refractivity contribution is -0.120. The molecule has 0 radical (unpaired) electrons. The minimum Gasteiger partial charge on any atom is -0.497 e. The van der Waals surface area contributed by atoms with Crippen molar-refractivity contribution < 1.29 is 23.5 Å². The minimum absolute atomic E-state index is 0.0250. The Bertz CT molecular complexity index is 1310. The first-order valence-electron chi connectivity index (χ1n) is 9.83. The van der Waals surface area contributed by atoms with Crippen molar-refractivity contribution in [3.63, 3.8) is 0 Å². The summed E-state index contributed by atoms with van der Waals surface area (Å²) in [6.07, 6.45) is 0. The molecule has 0 unspecified atom stereocenters. The molecule has 174 valence electrons. The zero-order valence-electron chi connectivity index (χ0n) is 17.9. The van der Waals surface area contributed by atoms with E-state index in [1.165, 1.54) is 26.4 Å². The van der Waals surface area contributed by atoms with Gasteiger partial charge in [0, 0.05) is 16.0 Å². The van der Waals surface area contributed by atoms with Crippen LogP contribution in [-0.4, -0.2) is 26.0 Å². The molecule has 0 aromatic heterocycles. The highest BCUT2D eigenvalue weighted by molar-refractivity contribution is 8.04. The van der Waals surface area contributed by atoms with Crippen LogP contribution in [0.25, 0.3) is 0 Å². The number of anilines is 2. The number of rotatable bonds is 7. The summed E-state index contributed by atoms with van der Waals surface area (Å²) >= 11 is 13.0. The Morgan fingerprint density at radius 1 is 0.912 bits per heavy atom. The molecule has 10 heteroatoms. The van der Waals surface area contributed by atoms with Crippen molar-refractivity contribution in [2.24, 2.45) is 0 Å². The van der Waals surface area contributed by atoms with Crippen molar-refractivity contribution in [2.75, 3.05) is 24.4 Å². The first-order valence-corrected chi connectivity index (χ1v) is 11.4. The highest BCUT2D eigenvalue weighted by atomic mass is 35.5. The summed E-state index contributed by atoms with van der Waals surface area (Å²) in [5, 5.41) is 3.36. The van der Waals surface area contributed by atoms with E-state index >= 15 is 0 Å². The van der Waals surface area contributed by atoms with Gasteiger partial charge in [0.25, 0.3) is 11.8 Å². The van der Waals surface area contributed by atoms with E-state index in [1.807, 2.05) is 0 Å². The number of nitrogens with one attached hydrogen (secondary N) is 1. The molecule has 2 amide bonds. The second-order valence-electron chi connectivity index (χ2n) is 7.00. The molecular formula is C24H17Cl2FN2O4S. The summed E-state index contributed by atoms with van der Waals surface area (Å²) < 4.78 is 24.4. The van der Waals surface area contributed by atoms with E-state index in [1.54, 1.807) is 42.5 Å². The Labute approximate surface area is 209 Å². The summed E-state index contributed by atoms with van der Waals surface area (Å²) in [5.74, 6) is -0.916. The van der Waals surface area contributed by atoms with Gasteiger partial charge in [-0.25, -0.2) is 9.29 Å². The summed E-state index contributed by atoms with van der Waals surface area (Å²) in [6, 6.07) is 15.5. The molecule has 0 aliphatic carbocycles. The Kier molecular flexibility index (Phi) is 7.02. The molecule has 0 saturated heterocycles. The van der Waals surface area contributed by atoms with Gasteiger partial charge < -0.3 is 14.8 Å². The fraction of sp³-hybridized carbons (Fsp3) is 0.0833. The molecule has 1 N–H and O–H groups in total. The van der Waals surface area contributed by atoms with Gasteiger partial charge in [0.05, 0.1) is 30.6 Å². The number of halogens is 3. The molecule has 3 aromatic rings. The van der Waals surface area contributed by atoms with E-state index in [9.17, 15) is 14.0 Å². The molecule has 1 heterocycles. The van der Waals surface area contributed by atoms with Crippen LogP contribution in [0, 0.1) is 5.82 Å². The number of carbonyl (C=O) groups excluding carboxylic acids is 2. The van der Waals surface area contributed by atoms with Crippen LogP contribution in [-0.2, 0) is 9.59 Å². The van der Waals surface area contributed by atoms with Crippen LogP contribution in [0.2, 0.25) is 10.0 Å². The summed E-state index contributed by atoms with van der Waals surface area (Å²) in [5.41, 5.74) is 0.591. The molecule has 0 bridgehead atoms. The Hall–Kier alpha value is -3.20. The van der Waals surface area contributed by atoms with E-state index in [0.717, 1.165) is 22.7 Å². The van der Waals surface area contributed by atoms with E-state index in [4.69, 9.17) is 32.7 Å². The van der Waals surface area contributed by atoms with E-state index in [0.29, 0.717) is 27.1 Å². The van der Waals surface area contributed by atoms with E-state index < -0.39 is 17.6 Å². The van der Waals surface area contributed by atoms with Crippen molar-refractivity contribution >= 4 is 58.2 Å². The number of benzene rings is 3. The number of methoxy groups -OCH3 is 2. The second-order valence-corrected chi connectivity index (χ2v) is 8.92. The van der Waals surface area contributed by atoms with Gasteiger partial charge in [-0.05, 0) is 54.6 Å². The quantitative estimate of drug-likeness (QED) is 0.379. The molecule has 0 atom stereocenters. The van der Waals surface area contributed by atoms with Crippen LogP contribution in [0.1, 0.15) is 0 Å². The monoisotopic (exact) mass is 518 g/mol. The fourth-order valence-corrected chi connectivity index (χ4v) is 4.47.